The molecule has 0 N–H and O–H groups in total. The summed E-state index contributed by atoms with van der Waals surface area (Å²) < 4.78 is 5.98. The molecule has 0 amide bonds. The Morgan fingerprint density at radius 3 is 2.26 bits per heavy atom. The summed E-state index contributed by atoms with van der Waals surface area (Å²) in [5.41, 5.74) is 0. The van der Waals surface area contributed by atoms with E-state index in [0.29, 0.717) is 6.10 Å². The molecular weight excluding hydrogens is 238 g/mol. The van der Waals surface area contributed by atoms with Crippen molar-refractivity contribution in [2.24, 2.45) is 0 Å². The van der Waals surface area contributed by atoms with Gasteiger partial charge in [-0.3, -0.25) is 4.90 Å². The zero-order valence-electron chi connectivity index (χ0n) is 13.0. The third-order valence-corrected chi connectivity index (χ3v) is 4.87. The molecule has 0 aromatic carbocycles. The zero-order valence-corrected chi connectivity index (χ0v) is 13.0. The van der Waals surface area contributed by atoms with Crippen LogP contribution in [0.5, 0.6) is 0 Å². The van der Waals surface area contributed by atoms with E-state index in [-0.39, 0.29) is 0 Å². The van der Waals surface area contributed by atoms with Gasteiger partial charge in [-0.15, -0.1) is 0 Å². The predicted octanol–water partition coefficient (Wildman–Crippen LogP) is 1.12. The van der Waals surface area contributed by atoms with E-state index in [4.69, 9.17) is 4.74 Å². The van der Waals surface area contributed by atoms with Crippen LogP contribution in [0.4, 0.5) is 0 Å². The van der Waals surface area contributed by atoms with Crippen LogP contribution in [0.1, 0.15) is 26.7 Å². The molecule has 112 valence electrons. The Bertz CT molecular complexity index is 248. The lowest BCUT2D eigenvalue weighted by atomic mass is 9.88. The van der Waals surface area contributed by atoms with Gasteiger partial charge in [-0.25, -0.2) is 0 Å². The fourth-order valence-corrected chi connectivity index (χ4v) is 2.97. The highest BCUT2D eigenvalue weighted by Gasteiger charge is 2.32. The molecule has 19 heavy (non-hydrogen) atoms. The maximum Gasteiger partial charge on any atom is 0.0605 e. The maximum atomic E-state index is 5.98. The lowest BCUT2D eigenvalue weighted by molar-refractivity contribution is -0.0515. The number of piperazine rings is 1. The maximum absolute atomic E-state index is 5.98. The largest absolute Gasteiger partial charge is 0.377 e. The van der Waals surface area contributed by atoms with Gasteiger partial charge in [0.2, 0.25) is 0 Å². The number of rotatable bonds is 7. The summed E-state index contributed by atoms with van der Waals surface area (Å²) in [5.74, 6) is 0. The summed E-state index contributed by atoms with van der Waals surface area (Å²) in [6.45, 7) is 13.7. The molecule has 0 aromatic rings. The van der Waals surface area contributed by atoms with Gasteiger partial charge in [0.05, 0.1) is 12.7 Å². The summed E-state index contributed by atoms with van der Waals surface area (Å²) in [4.78, 5) is 7.50. The average Bonchev–Trinajstić information content (AvgIpc) is 2.41. The first-order valence-corrected chi connectivity index (χ1v) is 7.99. The van der Waals surface area contributed by atoms with E-state index in [9.17, 15) is 0 Å². The van der Waals surface area contributed by atoms with Crippen molar-refractivity contribution in [1.29, 1.82) is 0 Å². The van der Waals surface area contributed by atoms with Gasteiger partial charge in [0, 0.05) is 38.8 Å². The Balaban J connectivity index is 1.50. The number of nitrogens with zero attached hydrogens (tertiary/aromatic N) is 3. The van der Waals surface area contributed by atoms with Crippen molar-refractivity contribution in [1.82, 2.24) is 14.7 Å². The Hall–Kier alpha value is -0.160. The van der Waals surface area contributed by atoms with Gasteiger partial charge >= 0.3 is 0 Å². The minimum atomic E-state index is 0.524. The van der Waals surface area contributed by atoms with Crippen LogP contribution in [0.3, 0.4) is 0 Å². The first-order chi connectivity index (χ1) is 9.22. The van der Waals surface area contributed by atoms with Crippen molar-refractivity contribution >= 4 is 0 Å². The fraction of sp³-hybridized carbons (Fsp3) is 1.00. The second kappa shape index (κ2) is 7.58. The van der Waals surface area contributed by atoms with Crippen LogP contribution >= 0.6 is 0 Å². The van der Waals surface area contributed by atoms with E-state index in [1.54, 1.807) is 0 Å². The molecule has 4 nitrogen and oxygen atoms in total. The molecule has 2 fully saturated rings. The Kier molecular flexibility index (Phi) is 6.07. The van der Waals surface area contributed by atoms with Crippen molar-refractivity contribution in [3.63, 3.8) is 0 Å². The van der Waals surface area contributed by atoms with Crippen molar-refractivity contribution in [2.75, 3.05) is 59.5 Å². The van der Waals surface area contributed by atoms with E-state index in [1.807, 2.05) is 0 Å². The second-order valence-electron chi connectivity index (χ2n) is 5.97. The third-order valence-electron chi connectivity index (χ3n) is 4.87. The Morgan fingerprint density at radius 1 is 1.05 bits per heavy atom. The van der Waals surface area contributed by atoms with Crippen LogP contribution in [-0.2, 0) is 4.74 Å². The van der Waals surface area contributed by atoms with E-state index >= 15 is 0 Å². The second-order valence-corrected chi connectivity index (χ2v) is 5.97. The molecule has 1 aliphatic heterocycles. The molecule has 1 saturated carbocycles. The van der Waals surface area contributed by atoms with Crippen molar-refractivity contribution in [2.45, 2.75) is 38.8 Å². The highest BCUT2D eigenvalue weighted by molar-refractivity contribution is 4.86. The first-order valence-electron chi connectivity index (χ1n) is 7.99. The van der Waals surface area contributed by atoms with Crippen molar-refractivity contribution < 1.29 is 4.74 Å². The molecule has 0 spiro atoms. The van der Waals surface area contributed by atoms with Crippen LogP contribution < -0.4 is 0 Å². The summed E-state index contributed by atoms with van der Waals surface area (Å²) in [6.07, 6.45) is 2.98. The highest BCUT2D eigenvalue weighted by Crippen LogP contribution is 2.27. The predicted molar refractivity (Wildman–Crippen MR) is 79.6 cm³/mol. The summed E-state index contributed by atoms with van der Waals surface area (Å²) in [7, 11) is 2.22. The highest BCUT2D eigenvalue weighted by atomic mass is 16.5. The number of likely N-dealkylation sites (N-methyl/N-ethyl adjacent to an activating group) is 1. The molecule has 1 aliphatic carbocycles. The molecule has 0 bridgehead atoms. The molecule has 1 heterocycles. The third kappa shape index (κ3) is 4.42. The van der Waals surface area contributed by atoms with E-state index < -0.39 is 0 Å². The number of hydrogen-bond donors (Lipinski definition) is 0. The molecule has 2 rings (SSSR count). The van der Waals surface area contributed by atoms with Crippen LogP contribution in [0.25, 0.3) is 0 Å². The van der Waals surface area contributed by atoms with Crippen LogP contribution in [0.15, 0.2) is 0 Å². The van der Waals surface area contributed by atoms with Gasteiger partial charge in [-0.05, 0) is 33.0 Å². The summed E-state index contributed by atoms with van der Waals surface area (Å²) in [6, 6.07) is 0.767. The molecule has 0 unspecified atom stereocenters. The van der Waals surface area contributed by atoms with Gasteiger partial charge in [0.1, 0.15) is 0 Å². The first kappa shape index (κ1) is 15.2. The van der Waals surface area contributed by atoms with Crippen LogP contribution in [0, 0.1) is 0 Å². The van der Waals surface area contributed by atoms with Gasteiger partial charge in [0.25, 0.3) is 0 Å². The van der Waals surface area contributed by atoms with Gasteiger partial charge < -0.3 is 14.5 Å². The average molecular weight is 269 g/mol. The minimum absolute atomic E-state index is 0.524. The molecule has 0 aromatic heterocycles. The standard InChI is InChI=1S/C15H31N3O/c1-4-16(3)14-12-15(13-14)19-11-10-18-8-6-17(5-2)7-9-18/h14-15H,4-13H2,1-3H3/t14-,15-. The summed E-state index contributed by atoms with van der Waals surface area (Å²) in [5, 5.41) is 0. The monoisotopic (exact) mass is 269 g/mol. The quantitative estimate of drug-likeness (QED) is 0.689. The van der Waals surface area contributed by atoms with Crippen LogP contribution in [0.2, 0.25) is 0 Å². The summed E-state index contributed by atoms with van der Waals surface area (Å²) >= 11 is 0. The Morgan fingerprint density at radius 2 is 1.68 bits per heavy atom. The molecule has 1 saturated heterocycles. The SMILES string of the molecule is CCN1CCN(CCO[C@H]2C[C@H](N(C)CC)C2)CC1. The van der Waals surface area contributed by atoms with Crippen molar-refractivity contribution in [3.8, 4) is 0 Å². The van der Waals surface area contributed by atoms with E-state index in [2.05, 4.69) is 35.6 Å². The molecule has 0 atom stereocenters. The van der Waals surface area contributed by atoms with Gasteiger partial charge in [-0.1, -0.05) is 13.8 Å². The van der Waals surface area contributed by atoms with Crippen LogP contribution in [-0.4, -0.2) is 86.3 Å². The Labute approximate surface area is 118 Å². The van der Waals surface area contributed by atoms with Crippen molar-refractivity contribution in [3.05, 3.63) is 0 Å². The smallest absolute Gasteiger partial charge is 0.0605 e. The zero-order chi connectivity index (χ0) is 13.7. The normalized spacial score (nSPS) is 29.7. The lowest BCUT2D eigenvalue weighted by Gasteiger charge is -2.41. The van der Waals surface area contributed by atoms with E-state index in [0.717, 1.165) is 25.7 Å². The molecule has 2 aliphatic rings. The number of hydrogen-bond acceptors (Lipinski definition) is 4. The van der Waals surface area contributed by atoms with E-state index in [1.165, 1.54) is 45.6 Å². The number of ether oxygens (including phenoxy) is 1. The van der Waals surface area contributed by atoms with Gasteiger partial charge in [-0.2, -0.15) is 0 Å². The topological polar surface area (TPSA) is 19.0 Å². The molecular formula is C15H31N3O. The van der Waals surface area contributed by atoms with Gasteiger partial charge in [0.15, 0.2) is 0 Å². The minimum Gasteiger partial charge on any atom is -0.377 e. The lowest BCUT2D eigenvalue weighted by Crippen LogP contribution is -2.48. The molecule has 0 radical (unpaired) electrons. The fourth-order valence-electron chi connectivity index (χ4n) is 2.97. The molecule has 4 heteroatoms.